The lowest BCUT2D eigenvalue weighted by Gasteiger charge is -2.15. The molecule has 2 rings (SSSR count). The minimum atomic E-state index is 0.549. The Labute approximate surface area is 108 Å². The summed E-state index contributed by atoms with van der Waals surface area (Å²) >= 11 is 0. The molecule has 0 spiro atoms. The van der Waals surface area contributed by atoms with Gasteiger partial charge in [-0.15, -0.1) is 0 Å². The molecule has 0 radical (unpaired) electrons. The van der Waals surface area contributed by atoms with Crippen LogP contribution in [0.15, 0.2) is 54.6 Å². The smallest absolute Gasteiger partial charge is 0.150 e. The lowest BCUT2D eigenvalue weighted by atomic mass is 9.90. The highest BCUT2D eigenvalue weighted by Crippen LogP contribution is 2.23. The standard InChI is InChI=1S/C17H18O/c1-2-16(17-6-4-3-5-7-17)12-14-8-10-15(13-18)11-9-14/h3-11,13,16H,2,12H2,1H3. The van der Waals surface area contributed by atoms with Gasteiger partial charge in [0.2, 0.25) is 0 Å². The van der Waals surface area contributed by atoms with Crippen molar-refractivity contribution in [3.8, 4) is 0 Å². The van der Waals surface area contributed by atoms with E-state index in [2.05, 4.69) is 49.4 Å². The number of hydrogen-bond donors (Lipinski definition) is 0. The second-order valence-electron chi connectivity index (χ2n) is 4.58. The van der Waals surface area contributed by atoms with Crippen LogP contribution in [-0.2, 0) is 6.42 Å². The maximum Gasteiger partial charge on any atom is 0.150 e. The average Bonchev–Trinajstić information content (AvgIpc) is 2.46. The first kappa shape index (κ1) is 12.6. The van der Waals surface area contributed by atoms with Crippen molar-refractivity contribution in [2.24, 2.45) is 0 Å². The number of carbonyl (C=O) groups excluding carboxylic acids is 1. The molecule has 0 amide bonds. The van der Waals surface area contributed by atoms with E-state index in [0.29, 0.717) is 5.92 Å². The summed E-state index contributed by atoms with van der Waals surface area (Å²) < 4.78 is 0. The van der Waals surface area contributed by atoms with Crippen LogP contribution < -0.4 is 0 Å². The Hall–Kier alpha value is -1.89. The topological polar surface area (TPSA) is 17.1 Å². The van der Waals surface area contributed by atoms with Crippen molar-refractivity contribution < 1.29 is 4.79 Å². The highest BCUT2D eigenvalue weighted by molar-refractivity contribution is 5.74. The predicted octanol–water partition coefficient (Wildman–Crippen LogP) is 4.24. The molecule has 92 valence electrons. The lowest BCUT2D eigenvalue weighted by molar-refractivity contribution is 0.112. The van der Waals surface area contributed by atoms with Gasteiger partial charge in [-0.3, -0.25) is 4.79 Å². The molecule has 1 nitrogen and oxygen atoms in total. The summed E-state index contributed by atoms with van der Waals surface area (Å²) in [6, 6.07) is 18.5. The zero-order valence-corrected chi connectivity index (χ0v) is 10.7. The third-order valence-corrected chi connectivity index (χ3v) is 3.36. The Morgan fingerprint density at radius 2 is 1.67 bits per heavy atom. The zero-order chi connectivity index (χ0) is 12.8. The summed E-state index contributed by atoms with van der Waals surface area (Å²) in [5, 5.41) is 0. The van der Waals surface area contributed by atoms with Gasteiger partial charge in [-0.2, -0.15) is 0 Å². The minimum absolute atomic E-state index is 0.549. The van der Waals surface area contributed by atoms with E-state index in [1.165, 1.54) is 11.1 Å². The van der Waals surface area contributed by atoms with Crippen LogP contribution >= 0.6 is 0 Å². The van der Waals surface area contributed by atoms with E-state index in [1.54, 1.807) is 0 Å². The van der Waals surface area contributed by atoms with Crippen LogP contribution in [-0.4, -0.2) is 6.29 Å². The van der Waals surface area contributed by atoms with Gasteiger partial charge >= 0.3 is 0 Å². The van der Waals surface area contributed by atoms with E-state index in [1.807, 2.05) is 12.1 Å². The van der Waals surface area contributed by atoms with Crippen molar-refractivity contribution in [3.05, 3.63) is 71.3 Å². The van der Waals surface area contributed by atoms with Crippen LogP contribution in [0, 0.1) is 0 Å². The SMILES string of the molecule is CCC(Cc1ccc(C=O)cc1)c1ccccc1. The summed E-state index contributed by atoms with van der Waals surface area (Å²) in [6.07, 6.45) is 3.04. The van der Waals surface area contributed by atoms with Crippen LogP contribution in [0.1, 0.15) is 40.7 Å². The molecule has 0 N–H and O–H groups in total. The molecule has 1 atom stereocenters. The number of aldehydes is 1. The van der Waals surface area contributed by atoms with Gasteiger partial charge in [-0.1, -0.05) is 61.5 Å². The first-order chi connectivity index (χ1) is 8.83. The number of carbonyl (C=O) groups is 1. The molecule has 0 fully saturated rings. The van der Waals surface area contributed by atoms with Gasteiger partial charge < -0.3 is 0 Å². The minimum Gasteiger partial charge on any atom is -0.298 e. The normalized spacial score (nSPS) is 12.1. The molecule has 0 bridgehead atoms. The van der Waals surface area contributed by atoms with E-state index in [9.17, 15) is 4.79 Å². The van der Waals surface area contributed by atoms with E-state index in [-0.39, 0.29) is 0 Å². The van der Waals surface area contributed by atoms with E-state index in [4.69, 9.17) is 0 Å². The van der Waals surface area contributed by atoms with Gasteiger partial charge in [0, 0.05) is 5.56 Å². The van der Waals surface area contributed by atoms with Crippen LogP contribution in [0.3, 0.4) is 0 Å². The maximum absolute atomic E-state index is 10.6. The first-order valence-corrected chi connectivity index (χ1v) is 6.42. The largest absolute Gasteiger partial charge is 0.298 e. The van der Waals surface area contributed by atoms with Crippen molar-refractivity contribution in [2.45, 2.75) is 25.7 Å². The number of benzene rings is 2. The second-order valence-corrected chi connectivity index (χ2v) is 4.58. The Bertz CT molecular complexity index is 485. The lowest BCUT2D eigenvalue weighted by Crippen LogP contribution is -2.01. The molecule has 0 aliphatic heterocycles. The molecule has 0 aliphatic rings. The van der Waals surface area contributed by atoms with Crippen LogP contribution in [0.2, 0.25) is 0 Å². The number of hydrogen-bond acceptors (Lipinski definition) is 1. The molecule has 0 heterocycles. The quantitative estimate of drug-likeness (QED) is 0.712. The average molecular weight is 238 g/mol. The molecule has 0 aromatic heterocycles. The molecule has 18 heavy (non-hydrogen) atoms. The van der Waals surface area contributed by atoms with Gasteiger partial charge in [0.15, 0.2) is 0 Å². The predicted molar refractivity (Wildman–Crippen MR) is 75.0 cm³/mol. The summed E-state index contributed by atoms with van der Waals surface area (Å²) in [6.45, 7) is 2.22. The molecule has 2 aromatic rings. The molecule has 1 unspecified atom stereocenters. The monoisotopic (exact) mass is 238 g/mol. The Kier molecular flexibility index (Phi) is 4.30. The molecule has 1 heteroatoms. The highest BCUT2D eigenvalue weighted by atomic mass is 16.1. The molecule has 0 saturated carbocycles. The fourth-order valence-corrected chi connectivity index (χ4v) is 2.24. The first-order valence-electron chi connectivity index (χ1n) is 6.42. The molecule has 0 saturated heterocycles. The molecule has 2 aromatic carbocycles. The van der Waals surface area contributed by atoms with Gasteiger partial charge in [0.25, 0.3) is 0 Å². The van der Waals surface area contributed by atoms with Crippen LogP contribution in [0.5, 0.6) is 0 Å². The van der Waals surface area contributed by atoms with Crippen LogP contribution in [0.25, 0.3) is 0 Å². The fourth-order valence-electron chi connectivity index (χ4n) is 2.24. The van der Waals surface area contributed by atoms with Crippen molar-refractivity contribution in [2.75, 3.05) is 0 Å². The van der Waals surface area contributed by atoms with Gasteiger partial charge in [0.05, 0.1) is 0 Å². The van der Waals surface area contributed by atoms with E-state index < -0.39 is 0 Å². The third kappa shape index (κ3) is 3.07. The summed E-state index contributed by atoms with van der Waals surface area (Å²) in [7, 11) is 0. The summed E-state index contributed by atoms with van der Waals surface area (Å²) in [5.41, 5.74) is 3.42. The van der Waals surface area contributed by atoms with Gasteiger partial charge in [-0.25, -0.2) is 0 Å². The van der Waals surface area contributed by atoms with Gasteiger partial charge in [0.1, 0.15) is 6.29 Å². The molecule has 0 aliphatic carbocycles. The Morgan fingerprint density at radius 3 is 2.22 bits per heavy atom. The van der Waals surface area contributed by atoms with Crippen molar-refractivity contribution in [1.29, 1.82) is 0 Å². The highest BCUT2D eigenvalue weighted by Gasteiger charge is 2.09. The van der Waals surface area contributed by atoms with E-state index >= 15 is 0 Å². The van der Waals surface area contributed by atoms with Gasteiger partial charge in [-0.05, 0) is 29.9 Å². The summed E-state index contributed by atoms with van der Waals surface area (Å²) in [5.74, 6) is 0.549. The van der Waals surface area contributed by atoms with Crippen molar-refractivity contribution in [3.63, 3.8) is 0 Å². The number of rotatable bonds is 5. The van der Waals surface area contributed by atoms with Crippen molar-refractivity contribution in [1.82, 2.24) is 0 Å². The molecular formula is C17H18O. The molecular weight excluding hydrogens is 220 g/mol. The Morgan fingerprint density at radius 1 is 1.00 bits per heavy atom. The summed E-state index contributed by atoms with van der Waals surface area (Å²) in [4.78, 5) is 10.6. The van der Waals surface area contributed by atoms with E-state index in [0.717, 1.165) is 24.7 Å². The Balaban J connectivity index is 2.12. The maximum atomic E-state index is 10.6. The van der Waals surface area contributed by atoms with Crippen molar-refractivity contribution >= 4 is 6.29 Å². The van der Waals surface area contributed by atoms with Crippen LogP contribution in [0.4, 0.5) is 0 Å². The third-order valence-electron chi connectivity index (χ3n) is 3.36. The fraction of sp³-hybridized carbons (Fsp3) is 0.235. The zero-order valence-electron chi connectivity index (χ0n) is 10.7. The second kappa shape index (κ2) is 6.15.